The number of nitrogens with zero attached hydrogens (tertiary/aromatic N) is 7. The van der Waals surface area contributed by atoms with E-state index in [1.165, 1.54) is 10.9 Å². The van der Waals surface area contributed by atoms with Gasteiger partial charge in [0.1, 0.15) is 11.5 Å². The lowest BCUT2D eigenvalue weighted by molar-refractivity contribution is 0.488. The molecule has 1 aromatic heterocycles. The summed E-state index contributed by atoms with van der Waals surface area (Å²) in [5.41, 5.74) is 26.6. The van der Waals surface area contributed by atoms with Crippen LogP contribution in [0.15, 0.2) is 370 Å². The third-order valence-corrected chi connectivity index (χ3v) is 19.6. The molecule has 0 amide bonds. The van der Waals surface area contributed by atoms with Gasteiger partial charge < -0.3 is 38.7 Å². The van der Waals surface area contributed by atoms with Crippen LogP contribution in [0.2, 0.25) is 0 Å². The van der Waals surface area contributed by atoms with Gasteiger partial charge in [-0.05, 0) is 174 Å². The lowest BCUT2D eigenvalue weighted by Crippen LogP contribution is -2.65. The highest BCUT2D eigenvalue weighted by molar-refractivity contribution is 7.03. The Balaban J connectivity index is 0.979. The van der Waals surface area contributed by atoms with Gasteiger partial charge in [0.05, 0.1) is 22.7 Å². The zero-order valence-electron chi connectivity index (χ0n) is 53.4. The average molecular weight is 1250 g/mol. The zero-order chi connectivity index (χ0) is 64.6. The van der Waals surface area contributed by atoms with Gasteiger partial charge in [-0.15, -0.1) is 0 Å². The number of aromatic nitrogens is 1. The molecule has 0 aliphatic carbocycles. The Hall–Kier alpha value is -12.9. The quantitative estimate of drug-likeness (QED) is 0.106. The van der Waals surface area contributed by atoms with Crippen molar-refractivity contribution >= 4 is 149 Å². The largest absolute Gasteiger partial charge is 0.458 e. The van der Waals surface area contributed by atoms with Crippen LogP contribution in [0.4, 0.5) is 102 Å². The fourth-order valence-electron chi connectivity index (χ4n) is 15.7. The van der Waals surface area contributed by atoms with Crippen molar-refractivity contribution in [3.05, 3.63) is 370 Å². The first kappa shape index (κ1) is 56.6. The summed E-state index contributed by atoms with van der Waals surface area (Å²) in [6, 6.07) is 134. The summed E-state index contributed by atoms with van der Waals surface area (Å²) in [6.45, 7) is -0.708. The molecule has 19 rings (SSSR count). The van der Waals surface area contributed by atoms with Crippen molar-refractivity contribution in [3.63, 3.8) is 0 Å². The molecule has 0 radical (unpaired) electrons. The number of anilines is 18. The minimum atomic E-state index is -0.390. The van der Waals surface area contributed by atoms with Crippen LogP contribution < -0.4 is 67.2 Å². The second kappa shape index (κ2) is 23.5. The van der Waals surface area contributed by atoms with Gasteiger partial charge in [0.25, 0.3) is 13.4 Å². The number of hydrogen-bond donors (Lipinski definition) is 0. The van der Waals surface area contributed by atoms with E-state index in [1.54, 1.807) is 0 Å². The Labute approximate surface area is 571 Å². The summed E-state index contributed by atoms with van der Waals surface area (Å²) in [5, 5.41) is 0. The lowest BCUT2D eigenvalue weighted by atomic mass is 9.34. The van der Waals surface area contributed by atoms with Crippen molar-refractivity contribution in [1.82, 2.24) is 4.57 Å². The number of hydrogen-bond acceptors (Lipinski definition) is 7. The standard InChI is InChI=1S/C88H61B2N7O/c1-11-33-62(34-12-1)91(63-35-13-2-14-36-63)72-55-56-76-81(60-72)98-82-61-74(93(66-41-19-5-20-42-66)67-43-21-6-22-44-67)59-80-84(82)90(76)88-86(96(80)70-49-27-9-28-50-70)85-87(97(88)71-51-29-10-30-52-71)89-75-53-31-32-54-77(75)94(68-45-23-7-24-46-68)78-57-73(58-79(83(78)89)95(85)69-47-25-8-26-48-69)92(64-37-15-3-16-38-64)65-39-17-4-18-40-65/h1-61H. The van der Waals surface area contributed by atoms with Crippen LogP contribution in [-0.2, 0) is 0 Å². The summed E-state index contributed by atoms with van der Waals surface area (Å²) < 4.78 is 10.5. The van der Waals surface area contributed by atoms with Crippen LogP contribution in [0.5, 0.6) is 11.5 Å². The fraction of sp³-hybridized carbons (Fsp3) is 0. The first-order valence-electron chi connectivity index (χ1n) is 33.6. The average Bonchev–Trinajstić information content (AvgIpc) is 1.46. The molecule has 10 heteroatoms. The van der Waals surface area contributed by atoms with Crippen LogP contribution in [-0.4, -0.2) is 18.0 Å². The van der Waals surface area contributed by atoms with Crippen molar-refractivity contribution in [3.8, 4) is 17.2 Å². The summed E-state index contributed by atoms with van der Waals surface area (Å²) in [5.74, 6) is 1.56. The van der Waals surface area contributed by atoms with E-state index in [-0.39, 0.29) is 6.71 Å². The highest BCUT2D eigenvalue weighted by atomic mass is 16.5. The summed E-state index contributed by atoms with van der Waals surface area (Å²) in [7, 11) is 0. The van der Waals surface area contributed by atoms with Crippen LogP contribution in [0, 0.1) is 0 Å². The number of para-hydroxylation sites is 11. The molecular weight excluding hydrogens is 1190 g/mol. The number of benzene rings is 14. The molecule has 15 aromatic rings. The van der Waals surface area contributed by atoms with E-state index in [1.807, 2.05) is 0 Å². The second-order valence-electron chi connectivity index (χ2n) is 25.2. The van der Waals surface area contributed by atoms with Crippen molar-refractivity contribution in [2.75, 3.05) is 29.4 Å². The Bertz CT molecular complexity index is 5330. The van der Waals surface area contributed by atoms with E-state index in [0.717, 1.165) is 142 Å². The van der Waals surface area contributed by atoms with Crippen LogP contribution in [0.25, 0.3) is 5.69 Å². The molecule has 98 heavy (non-hydrogen) atoms. The van der Waals surface area contributed by atoms with Crippen LogP contribution in [0.3, 0.4) is 0 Å². The monoisotopic (exact) mass is 1250 g/mol. The molecule has 0 saturated heterocycles. The van der Waals surface area contributed by atoms with E-state index in [0.29, 0.717) is 0 Å². The maximum atomic E-state index is 7.80. The highest BCUT2D eigenvalue weighted by Gasteiger charge is 2.54. The van der Waals surface area contributed by atoms with Crippen LogP contribution >= 0.6 is 0 Å². The molecular formula is C88H61B2N7O. The van der Waals surface area contributed by atoms with Crippen molar-refractivity contribution in [2.24, 2.45) is 0 Å². The Morgan fingerprint density at radius 3 is 0.969 bits per heavy atom. The minimum Gasteiger partial charge on any atom is -0.458 e. The first-order chi connectivity index (χ1) is 48.7. The van der Waals surface area contributed by atoms with Crippen molar-refractivity contribution in [2.45, 2.75) is 0 Å². The Morgan fingerprint density at radius 1 is 0.224 bits per heavy atom. The lowest BCUT2D eigenvalue weighted by Gasteiger charge is -2.45. The predicted molar refractivity (Wildman–Crippen MR) is 410 cm³/mol. The molecule has 5 heterocycles. The normalized spacial score (nSPS) is 12.7. The Kier molecular flexibility index (Phi) is 13.6. The molecule has 0 unspecified atom stereocenters. The van der Waals surface area contributed by atoms with E-state index in [9.17, 15) is 0 Å². The number of rotatable bonds is 13. The van der Waals surface area contributed by atoms with Crippen molar-refractivity contribution in [1.29, 1.82) is 0 Å². The minimum absolute atomic E-state index is 0.317. The van der Waals surface area contributed by atoms with Gasteiger partial charge >= 0.3 is 0 Å². The van der Waals surface area contributed by atoms with Gasteiger partial charge in [-0.3, -0.25) is 0 Å². The number of fused-ring (bicyclic) bond motifs is 9. The molecule has 0 saturated carbocycles. The molecule has 14 aromatic carbocycles. The van der Waals surface area contributed by atoms with E-state index >= 15 is 0 Å². The molecule has 0 spiro atoms. The van der Waals surface area contributed by atoms with Crippen molar-refractivity contribution < 1.29 is 4.74 Å². The van der Waals surface area contributed by atoms with Gasteiger partial charge in [-0.25, -0.2) is 0 Å². The maximum Gasteiger partial charge on any atom is 0.277 e. The van der Waals surface area contributed by atoms with Gasteiger partial charge in [0.2, 0.25) is 0 Å². The molecule has 0 atom stereocenters. The molecule has 4 aliphatic rings. The maximum absolute atomic E-state index is 7.80. The third kappa shape index (κ3) is 9.17. The zero-order valence-corrected chi connectivity index (χ0v) is 53.4. The smallest absolute Gasteiger partial charge is 0.277 e. The fourth-order valence-corrected chi connectivity index (χ4v) is 15.7. The SMILES string of the molecule is c1ccc(N(c2ccccc2)c2ccc3c(c2)Oc2cc(N(c4ccccc4)c4ccccc4)cc4c2B3c2c(c3c(n2-c2ccccc2)B2c5ccccc5N(c5ccccc5)c5cc(N(c6ccccc6)c6ccccc6)cc(c52)N3c2ccccc2)N4c2ccccc2)cc1. The molecule has 4 aliphatic heterocycles. The summed E-state index contributed by atoms with van der Waals surface area (Å²) in [6.07, 6.45) is 0. The predicted octanol–water partition coefficient (Wildman–Crippen LogP) is 19.4. The molecule has 8 nitrogen and oxygen atoms in total. The van der Waals surface area contributed by atoms with Gasteiger partial charge in [0, 0.05) is 109 Å². The molecule has 0 fully saturated rings. The number of ether oxygens (including phenoxy) is 1. The summed E-state index contributed by atoms with van der Waals surface area (Å²) in [4.78, 5) is 14.8. The van der Waals surface area contributed by atoms with Gasteiger partial charge in [-0.1, -0.05) is 206 Å². The third-order valence-electron chi connectivity index (χ3n) is 19.6. The molecule has 0 N–H and O–H groups in total. The van der Waals surface area contributed by atoms with Gasteiger partial charge in [0.15, 0.2) is 0 Å². The van der Waals surface area contributed by atoms with E-state index in [4.69, 9.17) is 4.74 Å². The van der Waals surface area contributed by atoms with Crippen LogP contribution in [0.1, 0.15) is 0 Å². The topological polar surface area (TPSA) is 33.6 Å². The first-order valence-corrected chi connectivity index (χ1v) is 33.6. The summed E-state index contributed by atoms with van der Waals surface area (Å²) >= 11 is 0. The molecule has 460 valence electrons. The van der Waals surface area contributed by atoms with E-state index < -0.39 is 6.71 Å². The second-order valence-corrected chi connectivity index (χ2v) is 25.2. The van der Waals surface area contributed by atoms with Gasteiger partial charge in [-0.2, -0.15) is 0 Å². The van der Waals surface area contributed by atoms with E-state index in [2.05, 4.69) is 404 Å². The Morgan fingerprint density at radius 2 is 0.541 bits per heavy atom. The highest BCUT2D eigenvalue weighted by Crippen LogP contribution is 2.55. The molecule has 0 bridgehead atoms.